The van der Waals surface area contributed by atoms with Crippen LogP contribution in [0.4, 0.5) is 4.39 Å². The zero-order chi connectivity index (χ0) is 11.5. The maximum atomic E-state index is 13.3. The SMILES string of the molecule is COCCn1cnc2c(F)cccc2c1=O. The molecule has 4 nitrogen and oxygen atoms in total. The summed E-state index contributed by atoms with van der Waals surface area (Å²) in [6.45, 7) is 0.831. The Balaban J connectivity index is 2.57. The van der Waals surface area contributed by atoms with E-state index in [1.54, 1.807) is 13.2 Å². The molecule has 1 aromatic carbocycles. The predicted octanol–water partition coefficient (Wildman–Crippen LogP) is 1.18. The third-order valence-electron chi connectivity index (χ3n) is 2.34. The fraction of sp³-hybridized carbons (Fsp3) is 0.273. The third-order valence-corrected chi connectivity index (χ3v) is 2.34. The summed E-state index contributed by atoms with van der Waals surface area (Å²) in [6.07, 6.45) is 1.34. The van der Waals surface area contributed by atoms with Gasteiger partial charge in [0.25, 0.3) is 5.56 Å². The van der Waals surface area contributed by atoms with Gasteiger partial charge < -0.3 is 4.74 Å². The minimum atomic E-state index is -0.478. The van der Waals surface area contributed by atoms with Gasteiger partial charge in [0.15, 0.2) is 0 Å². The molecular weight excluding hydrogens is 211 g/mol. The fourth-order valence-corrected chi connectivity index (χ4v) is 1.50. The summed E-state index contributed by atoms with van der Waals surface area (Å²) < 4.78 is 19.6. The molecule has 0 saturated heterocycles. The Labute approximate surface area is 91.3 Å². The molecule has 2 rings (SSSR count). The molecule has 1 heterocycles. The molecule has 0 spiro atoms. The zero-order valence-corrected chi connectivity index (χ0v) is 8.81. The van der Waals surface area contributed by atoms with E-state index in [2.05, 4.69) is 4.98 Å². The summed E-state index contributed by atoms with van der Waals surface area (Å²) >= 11 is 0. The number of aromatic nitrogens is 2. The number of fused-ring (bicyclic) bond motifs is 1. The van der Waals surface area contributed by atoms with Gasteiger partial charge >= 0.3 is 0 Å². The molecule has 16 heavy (non-hydrogen) atoms. The van der Waals surface area contributed by atoms with Crippen LogP contribution in [0.3, 0.4) is 0 Å². The first kappa shape index (κ1) is 10.8. The summed E-state index contributed by atoms with van der Waals surface area (Å²) in [5.74, 6) is -0.478. The molecule has 0 aliphatic heterocycles. The van der Waals surface area contributed by atoms with Gasteiger partial charge in [-0.3, -0.25) is 9.36 Å². The summed E-state index contributed by atoms with van der Waals surface area (Å²) in [7, 11) is 1.55. The zero-order valence-electron chi connectivity index (χ0n) is 8.81. The van der Waals surface area contributed by atoms with E-state index in [0.29, 0.717) is 18.5 Å². The summed E-state index contributed by atoms with van der Waals surface area (Å²) in [5.41, 5.74) is -0.136. The number of halogens is 1. The highest BCUT2D eigenvalue weighted by Crippen LogP contribution is 2.10. The van der Waals surface area contributed by atoms with E-state index in [1.165, 1.54) is 23.0 Å². The lowest BCUT2D eigenvalue weighted by atomic mass is 10.2. The van der Waals surface area contributed by atoms with Crippen LogP contribution in [0.15, 0.2) is 29.3 Å². The topological polar surface area (TPSA) is 44.1 Å². The first-order valence-electron chi connectivity index (χ1n) is 4.86. The van der Waals surface area contributed by atoms with E-state index in [-0.39, 0.29) is 11.1 Å². The van der Waals surface area contributed by atoms with Gasteiger partial charge in [0, 0.05) is 7.11 Å². The average molecular weight is 222 g/mol. The molecule has 2 aromatic rings. The van der Waals surface area contributed by atoms with Crippen LogP contribution >= 0.6 is 0 Å². The second-order valence-corrected chi connectivity index (χ2v) is 3.37. The van der Waals surface area contributed by atoms with Crippen molar-refractivity contribution in [2.45, 2.75) is 6.54 Å². The lowest BCUT2D eigenvalue weighted by Crippen LogP contribution is -2.22. The number of hydrogen-bond donors (Lipinski definition) is 0. The molecule has 0 aliphatic rings. The molecule has 0 bridgehead atoms. The van der Waals surface area contributed by atoms with Crippen LogP contribution < -0.4 is 5.56 Å². The molecule has 1 aromatic heterocycles. The molecule has 0 N–H and O–H groups in total. The number of methoxy groups -OCH3 is 1. The molecule has 0 saturated carbocycles. The first-order valence-corrected chi connectivity index (χ1v) is 4.86. The molecule has 0 unspecified atom stereocenters. The van der Waals surface area contributed by atoms with Crippen LogP contribution in [0, 0.1) is 5.82 Å². The van der Waals surface area contributed by atoms with Gasteiger partial charge in [-0.1, -0.05) is 6.07 Å². The number of para-hydroxylation sites is 1. The molecule has 5 heteroatoms. The molecule has 0 aliphatic carbocycles. The maximum Gasteiger partial charge on any atom is 0.261 e. The molecule has 84 valence electrons. The highest BCUT2D eigenvalue weighted by molar-refractivity contribution is 5.77. The van der Waals surface area contributed by atoms with Crippen LogP contribution in [-0.4, -0.2) is 23.3 Å². The normalized spacial score (nSPS) is 10.9. The fourth-order valence-electron chi connectivity index (χ4n) is 1.50. The molecule has 0 fully saturated rings. The molecule has 0 atom stereocenters. The van der Waals surface area contributed by atoms with Crippen molar-refractivity contribution in [1.82, 2.24) is 9.55 Å². The summed E-state index contributed by atoms with van der Waals surface area (Å²) in [5, 5.41) is 0.290. The minimum absolute atomic E-state index is 0.112. The number of nitrogens with zero attached hydrogens (tertiary/aromatic N) is 2. The van der Waals surface area contributed by atoms with Crippen molar-refractivity contribution in [2.75, 3.05) is 13.7 Å². The average Bonchev–Trinajstić information content (AvgIpc) is 2.29. The maximum absolute atomic E-state index is 13.3. The van der Waals surface area contributed by atoms with Gasteiger partial charge in [0.1, 0.15) is 11.3 Å². The first-order chi connectivity index (χ1) is 7.74. The minimum Gasteiger partial charge on any atom is -0.383 e. The largest absolute Gasteiger partial charge is 0.383 e. The smallest absolute Gasteiger partial charge is 0.261 e. The molecule has 0 amide bonds. The van der Waals surface area contributed by atoms with Crippen LogP contribution in [0.5, 0.6) is 0 Å². The van der Waals surface area contributed by atoms with Crippen molar-refractivity contribution in [3.8, 4) is 0 Å². The molecule has 0 radical (unpaired) electrons. The second-order valence-electron chi connectivity index (χ2n) is 3.37. The Morgan fingerprint density at radius 2 is 2.31 bits per heavy atom. The van der Waals surface area contributed by atoms with Crippen molar-refractivity contribution in [3.63, 3.8) is 0 Å². The van der Waals surface area contributed by atoms with Crippen molar-refractivity contribution < 1.29 is 9.13 Å². The lowest BCUT2D eigenvalue weighted by Gasteiger charge is -2.05. The summed E-state index contributed by atoms with van der Waals surface area (Å²) in [4.78, 5) is 15.8. The van der Waals surface area contributed by atoms with E-state index < -0.39 is 5.82 Å². The Bertz CT molecular complexity index is 565. The number of hydrogen-bond acceptors (Lipinski definition) is 3. The third kappa shape index (κ3) is 1.81. The van der Waals surface area contributed by atoms with Crippen LogP contribution in [0.2, 0.25) is 0 Å². The summed E-state index contributed by atoms with van der Waals surface area (Å²) in [6, 6.07) is 4.35. The number of benzene rings is 1. The van der Waals surface area contributed by atoms with Crippen molar-refractivity contribution in [3.05, 3.63) is 40.7 Å². The Kier molecular flexibility index (Phi) is 2.96. The van der Waals surface area contributed by atoms with E-state index in [0.717, 1.165) is 0 Å². The Morgan fingerprint density at radius 3 is 3.06 bits per heavy atom. The van der Waals surface area contributed by atoms with E-state index >= 15 is 0 Å². The van der Waals surface area contributed by atoms with Gasteiger partial charge in [-0.15, -0.1) is 0 Å². The quantitative estimate of drug-likeness (QED) is 0.783. The monoisotopic (exact) mass is 222 g/mol. The van der Waals surface area contributed by atoms with Gasteiger partial charge in [-0.2, -0.15) is 0 Å². The van der Waals surface area contributed by atoms with Gasteiger partial charge in [0.2, 0.25) is 0 Å². The Hall–Kier alpha value is -1.75. The van der Waals surface area contributed by atoms with Crippen molar-refractivity contribution in [2.24, 2.45) is 0 Å². The van der Waals surface area contributed by atoms with Gasteiger partial charge in [0.05, 0.1) is 24.9 Å². The lowest BCUT2D eigenvalue weighted by molar-refractivity contribution is 0.186. The van der Waals surface area contributed by atoms with Crippen LogP contribution in [-0.2, 0) is 11.3 Å². The van der Waals surface area contributed by atoms with Gasteiger partial charge in [-0.25, -0.2) is 9.37 Å². The second kappa shape index (κ2) is 4.40. The molecular formula is C11H11FN2O2. The van der Waals surface area contributed by atoms with E-state index in [4.69, 9.17) is 4.74 Å². The van der Waals surface area contributed by atoms with E-state index in [1.807, 2.05) is 0 Å². The van der Waals surface area contributed by atoms with Crippen LogP contribution in [0.25, 0.3) is 10.9 Å². The van der Waals surface area contributed by atoms with Crippen molar-refractivity contribution in [1.29, 1.82) is 0 Å². The van der Waals surface area contributed by atoms with Gasteiger partial charge in [-0.05, 0) is 12.1 Å². The van der Waals surface area contributed by atoms with Crippen LogP contribution in [0.1, 0.15) is 0 Å². The number of ether oxygens (including phenoxy) is 1. The highest BCUT2D eigenvalue weighted by Gasteiger charge is 2.06. The number of rotatable bonds is 3. The van der Waals surface area contributed by atoms with Crippen molar-refractivity contribution >= 4 is 10.9 Å². The Morgan fingerprint density at radius 1 is 1.50 bits per heavy atom. The highest BCUT2D eigenvalue weighted by atomic mass is 19.1. The predicted molar refractivity (Wildman–Crippen MR) is 57.8 cm³/mol. The standard InChI is InChI=1S/C11H11FN2O2/c1-16-6-5-14-7-13-10-8(11(14)15)3-2-4-9(10)12/h2-4,7H,5-6H2,1H3. The van der Waals surface area contributed by atoms with E-state index in [9.17, 15) is 9.18 Å².